The Morgan fingerprint density at radius 3 is 2.46 bits per heavy atom. The quantitative estimate of drug-likeness (QED) is 0.402. The van der Waals surface area contributed by atoms with Crippen LogP contribution >= 0.6 is 0 Å². The first kappa shape index (κ1) is 26.3. The van der Waals surface area contributed by atoms with Gasteiger partial charge in [-0.25, -0.2) is 4.79 Å². The van der Waals surface area contributed by atoms with Gasteiger partial charge in [-0.3, -0.25) is 4.79 Å². The number of nitrogens with zero attached hydrogens (tertiary/aromatic N) is 2. The molecule has 37 heavy (non-hydrogen) atoms. The predicted molar refractivity (Wildman–Crippen MR) is 142 cm³/mol. The number of rotatable bonds is 11. The summed E-state index contributed by atoms with van der Waals surface area (Å²) in [5, 5.41) is 2.91. The van der Waals surface area contributed by atoms with E-state index < -0.39 is 0 Å². The lowest BCUT2D eigenvalue weighted by Gasteiger charge is -2.29. The van der Waals surface area contributed by atoms with E-state index in [9.17, 15) is 9.59 Å². The molecule has 1 atom stereocenters. The lowest BCUT2D eigenvalue weighted by Crippen LogP contribution is -2.47. The van der Waals surface area contributed by atoms with Gasteiger partial charge >= 0.3 is 6.03 Å². The third-order valence-corrected chi connectivity index (χ3v) is 6.41. The molecule has 2 aromatic carbocycles. The van der Waals surface area contributed by atoms with Gasteiger partial charge in [0.05, 0.1) is 19.8 Å². The topological polar surface area (TPSA) is 84.3 Å². The summed E-state index contributed by atoms with van der Waals surface area (Å²) < 4.78 is 16.7. The fourth-order valence-corrected chi connectivity index (χ4v) is 4.35. The van der Waals surface area contributed by atoms with Crippen molar-refractivity contribution in [2.75, 3.05) is 38.7 Å². The molecule has 4 rings (SSSR count). The van der Waals surface area contributed by atoms with Crippen molar-refractivity contribution in [3.8, 4) is 5.75 Å². The standard InChI is InChI=1S/C29H35N3O5/c1-22-10-13-27(37-22)20-31(17-16-23-7-4-3-5-8-23)28(33)21-32(19-26-9-6-18-36-26)29(34)30-24-11-14-25(35-2)15-12-24/h3-5,7-8,10-15,26H,6,9,16-21H2,1-2H3,(H,30,34). The summed E-state index contributed by atoms with van der Waals surface area (Å²) in [5.74, 6) is 2.07. The minimum Gasteiger partial charge on any atom is -0.497 e. The maximum absolute atomic E-state index is 13.6. The van der Waals surface area contributed by atoms with Crippen LogP contribution in [0, 0.1) is 6.92 Å². The Bertz CT molecular complexity index is 1140. The molecule has 3 amide bonds. The Labute approximate surface area is 218 Å². The first-order valence-corrected chi connectivity index (χ1v) is 12.7. The van der Waals surface area contributed by atoms with Gasteiger partial charge in [0.15, 0.2) is 0 Å². The molecule has 1 aliphatic heterocycles. The monoisotopic (exact) mass is 505 g/mol. The van der Waals surface area contributed by atoms with Gasteiger partial charge in [0, 0.05) is 25.4 Å². The highest BCUT2D eigenvalue weighted by atomic mass is 16.5. The van der Waals surface area contributed by atoms with E-state index >= 15 is 0 Å². The minimum absolute atomic E-state index is 0.0592. The van der Waals surface area contributed by atoms with E-state index in [0.29, 0.717) is 49.9 Å². The molecule has 0 spiro atoms. The van der Waals surface area contributed by atoms with Gasteiger partial charge in [-0.1, -0.05) is 30.3 Å². The Kier molecular flexibility index (Phi) is 9.21. The van der Waals surface area contributed by atoms with Crippen molar-refractivity contribution < 1.29 is 23.5 Å². The molecule has 8 heteroatoms. The van der Waals surface area contributed by atoms with Crippen molar-refractivity contribution in [1.29, 1.82) is 0 Å². The van der Waals surface area contributed by atoms with E-state index in [1.54, 1.807) is 41.2 Å². The van der Waals surface area contributed by atoms with Crippen LogP contribution in [0.25, 0.3) is 0 Å². The number of ether oxygens (including phenoxy) is 2. The van der Waals surface area contributed by atoms with E-state index in [1.807, 2.05) is 49.4 Å². The van der Waals surface area contributed by atoms with Crippen LogP contribution in [-0.4, -0.2) is 61.2 Å². The van der Waals surface area contributed by atoms with Gasteiger partial charge in [-0.15, -0.1) is 0 Å². The van der Waals surface area contributed by atoms with Crippen molar-refractivity contribution in [3.63, 3.8) is 0 Å². The normalized spacial score (nSPS) is 14.8. The first-order chi connectivity index (χ1) is 18.0. The molecular formula is C29H35N3O5. The fraction of sp³-hybridized carbons (Fsp3) is 0.379. The number of carbonyl (C=O) groups excluding carboxylic acids is 2. The number of methoxy groups -OCH3 is 1. The molecule has 1 N–H and O–H groups in total. The highest BCUT2D eigenvalue weighted by molar-refractivity contribution is 5.92. The van der Waals surface area contributed by atoms with Crippen LogP contribution in [0.5, 0.6) is 5.75 Å². The lowest BCUT2D eigenvalue weighted by atomic mass is 10.1. The van der Waals surface area contributed by atoms with Crippen LogP contribution in [0.3, 0.4) is 0 Å². The second-order valence-electron chi connectivity index (χ2n) is 9.24. The number of hydrogen-bond acceptors (Lipinski definition) is 5. The number of benzene rings is 2. The number of hydrogen-bond donors (Lipinski definition) is 1. The number of carbonyl (C=O) groups is 2. The van der Waals surface area contributed by atoms with Crippen molar-refractivity contribution in [2.24, 2.45) is 0 Å². The summed E-state index contributed by atoms with van der Waals surface area (Å²) in [6.45, 7) is 3.69. The average Bonchev–Trinajstić information content (AvgIpc) is 3.58. The molecular weight excluding hydrogens is 470 g/mol. The summed E-state index contributed by atoms with van der Waals surface area (Å²) in [6, 6.07) is 20.6. The van der Waals surface area contributed by atoms with Crippen molar-refractivity contribution in [2.45, 2.75) is 38.8 Å². The third-order valence-electron chi connectivity index (χ3n) is 6.41. The molecule has 196 valence electrons. The van der Waals surface area contributed by atoms with E-state index in [-0.39, 0.29) is 24.6 Å². The first-order valence-electron chi connectivity index (χ1n) is 12.7. The highest BCUT2D eigenvalue weighted by Gasteiger charge is 2.27. The minimum atomic E-state index is -0.342. The second-order valence-corrected chi connectivity index (χ2v) is 9.24. The number of urea groups is 1. The van der Waals surface area contributed by atoms with Gasteiger partial charge in [0.2, 0.25) is 5.91 Å². The molecule has 1 unspecified atom stereocenters. The number of furan rings is 1. The van der Waals surface area contributed by atoms with Crippen molar-refractivity contribution in [1.82, 2.24) is 9.80 Å². The third kappa shape index (κ3) is 7.85. The molecule has 0 bridgehead atoms. The smallest absolute Gasteiger partial charge is 0.322 e. The molecule has 1 aliphatic rings. The molecule has 8 nitrogen and oxygen atoms in total. The molecule has 0 radical (unpaired) electrons. The van der Waals surface area contributed by atoms with Crippen LogP contribution in [0.4, 0.5) is 10.5 Å². The van der Waals surface area contributed by atoms with Crippen LogP contribution in [0.1, 0.15) is 29.9 Å². The Balaban J connectivity index is 1.47. The van der Waals surface area contributed by atoms with Gasteiger partial charge < -0.3 is 29.0 Å². The molecule has 0 aliphatic carbocycles. The second kappa shape index (κ2) is 13.0. The van der Waals surface area contributed by atoms with Crippen LogP contribution in [0.15, 0.2) is 71.1 Å². The molecule has 1 saturated heterocycles. The maximum atomic E-state index is 13.6. The van der Waals surface area contributed by atoms with E-state index in [1.165, 1.54) is 0 Å². The number of aryl methyl sites for hydroxylation is 1. The Morgan fingerprint density at radius 1 is 1.03 bits per heavy atom. The van der Waals surface area contributed by atoms with E-state index in [4.69, 9.17) is 13.9 Å². The zero-order chi connectivity index (χ0) is 26.0. The maximum Gasteiger partial charge on any atom is 0.322 e. The van der Waals surface area contributed by atoms with E-state index in [0.717, 1.165) is 24.2 Å². The Morgan fingerprint density at radius 2 is 1.81 bits per heavy atom. The largest absolute Gasteiger partial charge is 0.497 e. The van der Waals surface area contributed by atoms with Gasteiger partial charge in [-0.2, -0.15) is 0 Å². The van der Waals surface area contributed by atoms with Gasteiger partial charge in [-0.05, 0) is 68.1 Å². The zero-order valence-electron chi connectivity index (χ0n) is 21.5. The molecule has 0 saturated carbocycles. The fourth-order valence-electron chi connectivity index (χ4n) is 4.35. The molecule has 2 heterocycles. The van der Waals surface area contributed by atoms with Crippen LogP contribution in [-0.2, 0) is 22.5 Å². The van der Waals surface area contributed by atoms with Crippen molar-refractivity contribution >= 4 is 17.6 Å². The van der Waals surface area contributed by atoms with Crippen LogP contribution in [0.2, 0.25) is 0 Å². The van der Waals surface area contributed by atoms with Gasteiger partial charge in [0.25, 0.3) is 0 Å². The molecule has 1 aromatic heterocycles. The van der Waals surface area contributed by atoms with E-state index in [2.05, 4.69) is 5.32 Å². The summed E-state index contributed by atoms with van der Waals surface area (Å²) in [7, 11) is 1.59. The molecule has 3 aromatic rings. The summed E-state index contributed by atoms with van der Waals surface area (Å²) in [5.41, 5.74) is 1.77. The summed E-state index contributed by atoms with van der Waals surface area (Å²) >= 11 is 0. The molecule has 1 fully saturated rings. The predicted octanol–water partition coefficient (Wildman–Crippen LogP) is 4.88. The number of nitrogens with one attached hydrogen (secondary N) is 1. The summed E-state index contributed by atoms with van der Waals surface area (Å²) in [6.07, 6.45) is 2.44. The van der Waals surface area contributed by atoms with Gasteiger partial charge in [0.1, 0.15) is 23.8 Å². The van der Waals surface area contributed by atoms with Crippen molar-refractivity contribution in [3.05, 3.63) is 83.8 Å². The Hall–Kier alpha value is -3.78. The summed E-state index contributed by atoms with van der Waals surface area (Å²) in [4.78, 5) is 30.2. The average molecular weight is 506 g/mol. The SMILES string of the molecule is COc1ccc(NC(=O)N(CC(=O)N(CCc2ccccc2)Cc2ccc(C)o2)CC2CCCO2)cc1. The zero-order valence-corrected chi connectivity index (χ0v) is 21.5. The highest BCUT2D eigenvalue weighted by Crippen LogP contribution is 2.18. The van der Waals surface area contributed by atoms with Crippen LogP contribution < -0.4 is 10.1 Å². The lowest BCUT2D eigenvalue weighted by molar-refractivity contribution is -0.132. The number of amides is 3. The number of anilines is 1.